The minimum absolute atomic E-state index is 0.151. The van der Waals surface area contributed by atoms with E-state index in [0.29, 0.717) is 33.9 Å². The van der Waals surface area contributed by atoms with Crippen LogP contribution in [-0.2, 0) is 5.41 Å². The van der Waals surface area contributed by atoms with Crippen molar-refractivity contribution in [2.24, 2.45) is 5.73 Å². The zero-order valence-corrected chi connectivity index (χ0v) is 30.9. The number of hydrogen-bond acceptors (Lipinski definition) is 9. The summed E-state index contributed by atoms with van der Waals surface area (Å²) in [6.07, 6.45) is 15.3. The van der Waals surface area contributed by atoms with E-state index in [1.54, 1.807) is 48.9 Å². The molecule has 0 bridgehead atoms. The highest BCUT2D eigenvalue weighted by atomic mass is 35.5. The van der Waals surface area contributed by atoms with E-state index in [2.05, 4.69) is 38.9 Å². The highest BCUT2D eigenvalue weighted by Gasteiger charge is 2.43. The van der Waals surface area contributed by atoms with Crippen molar-refractivity contribution in [3.63, 3.8) is 0 Å². The van der Waals surface area contributed by atoms with E-state index >= 15 is 0 Å². The number of nitrogens with two attached hydrogens (primary N) is 2. The molecule has 4 N–H and O–H groups in total. The number of imidazole rings is 1. The van der Waals surface area contributed by atoms with Crippen molar-refractivity contribution in [3.05, 3.63) is 87.6 Å². The number of rotatable bonds is 10. The summed E-state index contributed by atoms with van der Waals surface area (Å²) in [7, 11) is 1.67. The van der Waals surface area contributed by atoms with E-state index in [9.17, 15) is 4.79 Å². The Morgan fingerprint density at radius 1 is 1.06 bits per heavy atom. The lowest BCUT2D eigenvalue weighted by molar-refractivity contribution is 0.184. The van der Waals surface area contributed by atoms with E-state index in [1.165, 1.54) is 23.7 Å². The maximum Gasteiger partial charge on any atom is 0.329 e. The van der Waals surface area contributed by atoms with Crippen LogP contribution in [0.3, 0.4) is 0 Å². The second-order valence-electron chi connectivity index (χ2n) is 12.5. The summed E-state index contributed by atoms with van der Waals surface area (Å²) in [5.74, 6) is 8.79. The third-order valence-corrected chi connectivity index (χ3v) is 9.49. The molecule has 2 aliphatic carbocycles. The van der Waals surface area contributed by atoms with Crippen LogP contribution in [0.25, 0.3) is 0 Å². The second-order valence-corrected chi connectivity index (χ2v) is 13.8. The van der Waals surface area contributed by atoms with Gasteiger partial charge in [-0.1, -0.05) is 59.6 Å². The van der Waals surface area contributed by atoms with Crippen molar-refractivity contribution < 1.29 is 19.0 Å². The lowest BCUT2D eigenvalue weighted by Gasteiger charge is -2.43. The number of carbonyl (C=O) groups excluding carboxylic acids is 1. The predicted molar refractivity (Wildman–Crippen MR) is 200 cm³/mol. The van der Waals surface area contributed by atoms with Crippen LogP contribution in [0.4, 0.5) is 10.7 Å². The van der Waals surface area contributed by atoms with E-state index in [-0.39, 0.29) is 36.1 Å². The van der Waals surface area contributed by atoms with Crippen molar-refractivity contribution in [1.29, 1.82) is 0 Å². The number of hydrogen-bond donors (Lipinski definition) is 2. The molecule has 0 unspecified atom stereocenters. The molecule has 2 aromatic carbocycles. The number of nitrogen functional groups attached to an aromatic ring is 1. The fourth-order valence-corrected chi connectivity index (χ4v) is 7.05. The van der Waals surface area contributed by atoms with Gasteiger partial charge in [0, 0.05) is 42.4 Å². The van der Waals surface area contributed by atoms with Crippen molar-refractivity contribution in [2.75, 3.05) is 32.5 Å². The monoisotopic (exact) mass is 753 g/mol. The quantitative estimate of drug-likeness (QED) is 0.158. The summed E-state index contributed by atoms with van der Waals surface area (Å²) in [5, 5.41) is 1.12. The lowest BCUT2D eigenvalue weighted by atomic mass is 9.62. The van der Waals surface area contributed by atoms with E-state index in [0.717, 1.165) is 54.7 Å². The Labute approximate surface area is 313 Å². The Bertz CT molecular complexity index is 1800. The number of benzene rings is 2. The summed E-state index contributed by atoms with van der Waals surface area (Å²) in [4.78, 5) is 25.9. The number of anilines is 1. The van der Waals surface area contributed by atoms with Crippen molar-refractivity contribution in [1.82, 2.24) is 24.4 Å². The normalized spacial score (nSPS) is 18.0. The van der Waals surface area contributed by atoms with Gasteiger partial charge in [0.2, 0.25) is 5.95 Å². The molecule has 0 saturated heterocycles. The topological polar surface area (TPSA) is 144 Å². The van der Waals surface area contributed by atoms with Gasteiger partial charge in [-0.25, -0.2) is 19.7 Å². The predicted octanol–water partition coefficient (Wildman–Crippen LogP) is 7.40. The molecule has 51 heavy (non-hydrogen) atoms. The highest BCUT2D eigenvalue weighted by Crippen LogP contribution is 2.45. The first kappa shape index (κ1) is 38.0. The van der Waals surface area contributed by atoms with Crippen LogP contribution in [-0.4, -0.2) is 69.4 Å². The minimum Gasteiger partial charge on any atom is -0.493 e. The number of ether oxygens (including phenoxy) is 3. The van der Waals surface area contributed by atoms with Crippen molar-refractivity contribution in [2.45, 2.75) is 69.4 Å². The minimum atomic E-state index is -0.291. The fourth-order valence-electron chi connectivity index (χ4n) is 6.13. The molecule has 2 fully saturated rings. The third-order valence-electron chi connectivity index (χ3n) is 8.71. The van der Waals surface area contributed by atoms with Gasteiger partial charge in [0.1, 0.15) is 12.9 Å². The number of nitrogens with zero attached hydrogens (tertiary/aromatic N) is 5. The molecule has 0 spiro atoms. The average molecular weight is 755 g/mol. The molecule has 2 aliphatic rings. The summed E-state index contributed by atoms with van der Waals surface area (Å²) in [6, 6.07) is 9.24. The first-order valence-corrected chi connectivity index (χ1v) is 18.0. The molecule has 2 aromatic heterocycles. The van der Waals surface area contributed by atoms with Gasteiger partial charge in [0.15, 0.2) is 17.2 Å². The van der Waals surface area contributed by atoms with Gasteiger partial charge in [-0.05, 0) is 74.8 Å². The number of methoxy groups -OCH3 is 1. The number of carbonyl (C=O) groups is 1. The Balaban J connectivity index is 0.000000202. The zero-order chi connectivity index (χ0) is 36.4. The van der Waals surface area contributed by atoms with Crippen LogP contribution in [0.2, 0.25) is 15.1 Å². The van der Waals surface area contributed by atoms with Gasteiger partial charge < -0.3 is 30.6 Å². The van der Waals surface area contributed by atoms with Crippen molar-refractivity contribution in [3.8, 4) is 29.1 Å². The van der Waals surface area contributed by atoms with Gasteiger partial charge in [0.25, 0.3) is 0 Å². The van der Waals surface area contributed by atoms with Crippen LogP contribution in [0.15, 0.2) is 61.4 Å². The highest BCUT2D eigenvalue weighted by molar-refractivity contribution is 6.40. The Morgan fingerprint density at radius 2 is 1.76 bits per heavy atom. The molecule has 0 radical (unpaired) electrons. The third kappa shape index (κ3) is 9.98. The van der Waals surface area contributed by atoms with Gasteiger partial charge in [0.05, 0.1) is 40.8 Å². The standard InChI is InChI=1S/C22H26N4O2.C15H16Cl3N3O2/c1-27-19-7-6-16(10-20(19)28-18-4-2-3-5-18)22(11-17(23)12-22)9-8-15-13-25-21(24)26-14-15;1-2-4-20(15(22)21-5-3-19-10-21)6-7-23-14-12(17)8-11(16)9-13(14)18/h6-7,10,13-14,17-18H,2-5,11-12,23H2,1H3,(H2,24,25,26);3,5,8-10H,2,4,6-7H2,1H3. The molecule has 11 nitrogen and oxygen atoms in total. The van der Waals surface area contributed by atoms with Gasteiger partial charge in [-0.3, -0.25) is 4.57 Å². The Morgan fingerprint density at radius 3 is 2.37 bits per heavy atom. The summed E-state index contributed by atoms with van der Waals surface area (Å²) in [6.45, 7) is 3.28. The van der Waals surface area contributed by atoms with E-state index < -0.39 is 0 Å². The molecular formula is C37H42Cl3N7O4. The summed E-state index contributed by atoms with van der Waals surface area (Å²) in [5.41, 5.74) is 13.3. The molecule has 4 aromatic rings. The summed E-state index contributed by atoms with van der Waals surface area (Å²) >= 11 is 18.0. The van der Waals surface area contributed by atoms with Crippen LogP contribution < -0.4 is 25.7 Å². The SMILES string of the molecule is CCCN(CCOc1c(Cl)cc(Cl)cc1Cl)C(=O)n1ccnc1.COc1ccc(C2(C#Cc3cnc(N)nc3)CC(N)C2)cc1OC1CCCC1. The largest absolute Gasteiger partial charge is 0.493 e. The zero-order valence-electron chi connectivity index (χ0n) is 28.7. The number of amides is 1. The molecule has 1 amide bonds. The lowest BCUT2D eigenvalue weighted by Crippen LogP contribution is -2.48. The van der Waals surface area contributed by atoms with Crippen LogP contribution in [0.5, 0.6) is 17.2 Å². The van der Waals surface area contributed by atoms with Gasteiger partial charge in [-0.15, -0.1) is 0 Å². The number of aromatic nitrogens is 4. The Kier molecular flexibility index (Phi) is 13.3. The van der Waals surface area contributed by atoms with E-state index in [4.69, 9.17) is 60.5 Å². The van der Waals surface area contributed by atoms with Crippen LogP contribution in [0.1, 0.15) is 63.0 Å². The molecule has 270 valence electrons. The van der Waals surface area contributed by atoms with Gasteiger partial charge >= 0.3 is 6.03 Å². The maximum absolute atomic E-state index is 12.3. The fraction of sp³-hybridized carbons (Fsp3) is 0.405. The smallest absolute Gasteiger partial charge is 0.329 e. The van der Waals surface area contributed by atoms with Gasteiger partial charge in [-0.2, -0.15) is 0 Å². The number of halogens is 3. The first-order chi connectivity index (χ1) is 24.6. The van der Waals surface area contributed by atoms with E-state index in [1.807, 2.05) is 13.0 Å². The molecule has 0 atom stereocenters. The molecule has 14 heteroatoms. The first-order valence-electron chi connectivity index (χ1n) is 16.9. The maximum atomic E-state index is 12.3. The molecular weight excluding hydrogens is 713 g/mol. The van der Waals surface area contributed by atoms with Crippen LogP contribution in [0, 0.1) is 11.8 Å². The van der Waals surface area contributed by atoms with Crippen LogP contribution >= 0.6 is 34.8 Å². The molecule has 6 rings (SSSR count). The molecule has 2 heterocycles. The Hall–Kier alpha value is -4.21. The van der Waals surface area contributed by atoms with Crippen molar-refractivity contribution >= 4 is 46.8 Å². The molecule has 2 saturated carbocycles. The summed E-state index contributed by atoms with van der Waals surface area (Å²) < 4.78 is 18.8. The second kappa shape index (κ2) is 17.8. The average Bonchev–Trinajstić information content (AvgIpc) is 3.83. The molecule has 0 aliphatic heterocycles.